The fraction of sp³-hybridized carbons (Fsp3) is 0.692. The zero-order valence-corrected chi connectivity index (χ0v) is 13.7. The van der Waals surface area contributed by atoms with Gasteiger partial charge in [0.05, 0.1) is 0 Å². The van der Waals surface area contributed by atoms with Crippen LogP contribution >= 0.6 is 0 Å². The molecule has 1 radical (unpaired) electrons. The molecule has 6 heteroatoms. The molecule has 0 bridgehead atoms. The first-order valence-electron chi connectivity index (χ1n) is 6.73. The van der Waals surface area contributed by atoms with Crippen molar-refractivity contribution in [2.24, 2.45) is 0 Å². The van der Waals surface area contributed by atoms with Crippen LogP contribution in [0.5, 0.6) is 0 Å². The monoisotopic (exact) mass is 325 g/mol. The summed E-state index contributed by atoms with van der Waals surface area (Å²) in [4.78, 5) is 11.4. The molecule has 1 aromatic rings. The van der Waals surface area contributed by atoms with Gasteiger partial charge in [-0.25, -0.2) is 0 Å². The van der Waals surface area contributed by atoms with Crippen molar-refractivity contribution < 1.29 is 4.74 Å². The molecule has 1 saturated heterocycles. The molecule has 1 aromatic heterocycles. The number of anilines is 1. The van der Waals surface area contributed by atoms with Crippen LogP contribution in [0.15, 0.2) is 12.3 Å². The van der Waals surface area contributed by atoms with Crippen molar-refractivity contribution in [2.45, 2.75) is 32.4 Å². The van der Waals surface area contributed by atoms with E-state index in [1.54, 1.807) is 0 Å². The van der Waals surface area contributed by atoms with Crippen LogP contribution in [0.2, 0.25) is 0 Å². The van der Waals surface area contributed by atoms with Crippen LogP contribution in [-0.2, 0) is 4.74 Å². The summed E-state index contributed by atoms with van der Waals surface area (Å²) in [5, 5.41) is 4.10. The van der Waals surface area contributed by atoms with E-state index in [1.807, 2.05) is 19.3 Å². The third kappa shape index (κ3) is 4.44. The number of hydrogen-bond donors (Lipinski definition) is 1. The fourth-order valence-electron chi connectivity index (χ4n) is 2.04. The fourth-order valence-corrected chi connectivity index (χ4v) is 3.74. The Kier molecular flexibility index (Phi) is 5.61. The van der Waals surface area contributed by atoms with Crippen LogP contribution in [0.1, 0.15) is 20.3 Å². The van der Waals surface area contributed by atoms with E-state index in [0.717, 1.165) is 28.9 Å². The Bertz CT molecular complexity index is 402. The molecule has 105 valence electrons. The Balaban J connectivity index is 1.92. The van der Waals surface area contributed by atoms with Crippen molar-refractivity contribution in [1.29, 1.82) is 0 Å². The van der Waals surface area contributed by atoms with E-state index in [1.165, 1.54) is 6.42 Å². The minimum absolute atomic E-state index is 0.0913. The first kappa shape index (κ1) is 14.8. The number of ether oxygens (including phenoxy) is 1. The summed E-state index contributed by atoms with van der Waals surface area (Å²) < 4.78 is 6.54. The second-order valence-electron chi connectivity index (χ2n) is 4.94. The average molecular weight is 325 g/mol. The van der Waals surface area contributed by atoms with Crippen molar-refractivity contribution >= 4 is 26.2 Å². The van der Waals surface area contributed by atoms with Crippen LogP contribution in [0, 0.1) is 0 Å². The van der Waals surface area contributed by atoms with Crippen LogP contribution in [0.3, 0.4) is 0 Å². The Labute approximate surface area is 121 Å². The maximum absolute atomic E-state index is 5.58. The van der Waals surface area contributed by atoms with Crippen molar-refractivity contribution in [3.05, 3.63) is 12.3 Å². The van der Waals surface area contributed by atoms with Crippen molar-refractivity contribution in [3.63, 3.8) is 0 Å². The summed E-state index contributed by atoms with van der Waals surface area (Å²) in [5.41, 5.74) is 0. The third-order valence-electron chi connectivity index (χ3n) is 3.16. The van der Waals surface area contributed by atoms with Gasteiger partial charge >= 0.3 is 121 Å². The van der Waals surface area contributed by atoms with E-state index in [0.29, 0.717) is 6.04 Å². The molecule has 0 aromatic carbocycles. The van der Waals surface area contributed by atoms with E-state index in [2.05, 4.69) is 34.0 Å². The summed E-state index contributed by atoms with van der Waals surface area (Å²) in [6.45, 7) is 6.22. The number of nitrogens with one attached hydrogen (secondary N) is 1. The molecule has 0 spiro atoms. The molecule has 0 aliphatic carbocycles. The van der Waals surface area contributed by atoms with Gasteiger partial charge in [0.25, 0.3) is 0 Å². The molecule has 2 rings (SSSR count). The SMILES string of the molecule is CNC1CCN(c2ccnc([As]COC(C)C)n2)C1. The second kappa shape index (κ2) is 7.22. The van der Waals surface area contributed by atoms with Gasteiger partial charge in [-0.3, -0.25) is 0 Å². The zero-order chi connectivity index (χ0) is 13.7. The molecular weight excluding hydrogens is 303 g/mol. The number of hydrogen-bond acceptors (Lipinski definition) is 5. The Morgan fingerprint density at radius 3 is 3.11 bits per heavy atom. The van der Waals surface area contributed by atoms with E-state index in [-0.39, 0.29) is 21.9 Å². The molecule has 19 heavy (non-hydrogen) atoms. The Morgan fingerprint density at radius 2 is 2.42 bits per heavy atom. The Morgan fingerprint density at radius 1 is 1.58 bits per heavy atom. The standard InChI is InChI=1S/C13H22AsN4O/c1-10(2)19-9-14-13-16-6-4-12(17-13)18-7-5-11(8-18)15-3/h4,6,10-11,15H,5,7-9H2,1-3H3. The molecule has 1 aliphatic rings. The molecule has 0 saturated carbocycles. The van der Waals surface area contributed by atoms with Gasteiger partial charge in [0.1, 0.15) is 0 Å². The van der Waals surface area contributed by atoms with Gasteiger partial charge in [-0.1, -0.05) is 0 Å². The molecule has 0 amide bonds. The molecule has 1 fully saturated rings. The second-order valence-corrected chi connectivity index (χ2v) is 6.98. The van der Waals surface area contributed by atoms with Gasteiger partial charge < -0.3 is 0 Å². The van der Waals surface area contributed by atoms with Gasteiger partial charge in [-0.05, 0) is 0 Å². The average Bonchev–Trinajstić information content (AvgIpc) is 2.87. The normalized spacial score (nSPS) is 20.0. The van der Waals surface area contributed by atoms with E-state index in [4.69, 9.17) is 4.74 Å². The maximum atomic E-state index is 5.58. The molecule has 1 N–H and O–H groups in total. The molecule has 1 unspecified atom stereocenters. The van der Waals surface area contributed by atoms with Gasteiger partial charge in [-0.15, -0.1) is 0 Å². The van der Waals surface area contributed by atoms with Gasteiger partial charge in [0, 0.05) is 0 Å². The van der Waals surface area contributed by atoms with Crippen LogP contribution in [0.4, 0.5) is 5.82 Å². The van der Waals surface area contributed by atoms with Crippen LogP contribution < -0.4 is 14.8 Å². The first-order valence-corrected chi connectivity index (χ1v) is 9.00. The zero-order valence-electron chi connectivity index (χ0n) is 11.8. The summed E-state index contributed by atoms with van der Waals surface area (Å²) in [6.07, 6.45) is 3.34. The summed E-state index contributed by atoms with van der Waals surface area (Å²) in [7, 11) is 2.02. The number of nitrogens with zero attached hydrogens (tertiary/aromatic N) is 3. The predicted molar refractivity (Wildman–Crippen MR) is 78.2 cm³/mol. The van der Waals surface area contributed by atoms with Crippen molar-refractivity contribution in [2.75, 3.05) is 30.4 Å². The summed E-state index contributed by atoms with van der Waals surface area (Å²) >= 11 is -0.0913. The van der Waals surface area contributed by atoms with Crippen LogP contribution in [-0.4, -0.2) is 63.4 Å². The van der Waals surface area contributed by atoms with E-state index < -0.39 is 0 Å². The first-order chi connectivity index (χ1) is 9.19. The number of aromatic nitrogens is 2. The van der Waals surface area contributed by atoms with E-state index in [9.17, 15) is 0 Å². The quantitative estimate of drug-likeness (QED) is 0.746. The van der Waals surface area contributed by atoms with Crippen LogP contribution in [0.25, 0.3) is 0 Å². The molecule has 1 aliphatic heterocycles. The minimum atomic E-state index is -0.0913. The summed E-state index contributed by atoms with van der Waals surface area (Å²) in [5.74, 6) is 1.06. The number of rotatable bonds is 6. The van der Waals surface area contributed by atoms with Gasteiger partial charge in [-0.2, -0.15) is 0 Å². The molecule has 5 nitrogen and oxygen atoms in total. The molecular formula is C13H22AsN4O. The summed E-state index contributed by atoms with van der Waals surface area (Å²) in [6, 6.07) is 2.59. The Hall–Kier alpha value is -0.642. The topological polar surface area (TPSA) is 50.3 Å². The third-order valence-corrected chi connectivity index (χ3v) is 4.79. The van der Waals surface area contributed by atoms with E-state index >= 15 is 0 Å². The number of likely N-dealkylation sites (N-methyl/N-ethyl adjacent to an activating group) is 1. The molecule has 2 heterocycles. The van der Waals surface area contributed by atoms with Gasteiger partial charge in [0.15, 0.2) is 0 Å². The molecule has 1 atom stereocenters. The van der Waals surface area contributed by atoms with Gasteiger partial charge in [0.2, 0.25) is 0 Å². The van der Waals surface area contributed by atoms with Crippen molar-refractivity contribution in [3.8, 4) is 0 Å². The predicted octanol–water partition coefficient (Wildman–Crippen LogP) is -0.0133. The van der Waals surface area contributed by atoms with Crippen molar-refractivity contribution in [1.82, 2.24) is 15.3 Å².